The smallest absolute Gasteiger partial charge is 0.293 e. The summed E-state index contributed by atoms with van der Waals surface area (Å²) in [5.41, 5.74) is 2.99. The third kappa shape index (κ3) is 1.43. The van der Waals surface area contributed by atoms with E-state index in [0.29, 0.717) is 6.54 Å². The van der Waals surface area contributed by atoms with Gasteiger partial charge in [-0.3, -0.25) is 9.98 Å². The van der Waals surface area contributed by atoms with Gasteiger partial charge in [-0.05, 0) is 6.07 Å². The first-order chi connectivity index (χ1) is 7.84. The molecule has 0 aliphatic carbocycles. The Morgan fingerprint density at radius 1 is 1.38 bits per heavy atom. The van der Waals surface area contributed by atoms with Crippen molar-refractivity contribution in [3.05, 3.63) is 41.9 Å². The minimum Gasteiger partial charge on any atom is -0.432 e. The number of oxazole rings is 1. The maximum Gasteiger partial charge on any atom is 0.293 e. The van der Waals surface area contributed by atoms with Crippen molar-refractivity contribution in [2.75, 3.05) is 0 Å². The molecule has 0 fully saturated rings. The molecule has 6 heteroatoms. The molecule has 5 nitrogen and oxygen atoms in total. The summed E-state index contributed by atoms with van der Waals surface area (Å²) in [5, 5.41) is 7.53. The summed E-state index contributed by atoms with van der Waals surface area (Å²) in [6, 6.07) is 5.87. The summed E-state index contributed by atoms with van der Waals surface area (Å²) in [4.78, 5) is 0. The summed E-state index contributed by atoms with van der Waals surface area (Å²) in [6.07, 6.45) is 3.24. The minimum atomic E-state index is 0.139. The molecule has 0 amide bonds. The molecule has 16 heavy (non-hydrogen) atoms. The first-order valence-corrected chi connectivity index (χ1v) is 5.46. The average molecular weight is 232 g/mol. The second-order valence-electron chi connectivity index (χ2n) is 3.39. The molecule has 0 aliphatic heterocycles. The van der Waals surface area contributed by atoms with Crippen molar-refractivity contribution in [1.29, 1.82) is 5.41 Å². The van der Waals surface area contributed by atoms with Crippen molar-refractivity contribution in [3.8, 4) is 0 Å². The number of hydrogen-bond acceptors (Lipinski definition) is 5. The molecule has 3 aromatic rings. The Morgan fingerprint density at radius 2 is 2.31 bits per heavy atom. The van der Waals surface area contributed by atoms with Gasteiger partial charge in [-0.15, -0.1) is 0 Å². The van der Waals surface area contributed by atoms with Gasteiger partial charge in [-0.25, -0.2) is 0 Å². The quantitative estimate of drug-likeness (QED) is 0.730. The maximum atomic E-state index is 7.53. The highest BCUT2D eigenvalue weighted by Crippen LogP contribution is 2.16. The Bertz CT molecular complexity index is 681. The molecule has 2 heterocycles. The van der Waals surface area contributed by atoms with Gasteiger partial charge >= 0.3 is 0 Å². The zero-order chi connectivity index (χ0) is 11.0. The van der Waals surface area contributed by atoms with Crippen LogP contribution in [-0.4, -0.2) is 13.3 Å². The molecular formula is C10H8N4OS. The fourth-order valence-corrected chi connectivity index (χ4v) is 2.17. The van der Waals surface area contributed by atoms with E-state index in [1.54, 1.807) is 10.8 Å². The monoisotopic (exact) mass is 232 g/mol. The summed E-state index contributed by atoms with van der Waals surface area (Å²) in [5.74, 6) is 0. The zero-order valence-corrected chi connectivity index (χ0v) is 9.07. The predicted molar refractivity (Wildman–Crippen MR) is 59.1 cm³/mol. The van der Waals surface area contributed by atoms with E-state index in [2.05, 4.69) is 8.75 Å². The van der Waals surface area contributed by atoms with Gasteiger partial charge in [-0.1, -0.05) is 12.1 Å². The molecule has 0 saturated carbocycles. The van der Waals surface area contributed by atoms with Crippen LogP contribution in [0.4, 0.5) is 0 Å². The minimum absolute atomic E-state index is 0.139. The van der Waals surface area contributed by atoms with E-state index in [9.17, 15) is 0 Å². The summed E-state index contributed by atoms with van der Waals surface area (Å²) >= 11 is 1.20. The number of nitrogens with one attached hydrogen (secondary N) is 1. The van der Waals surface area contributed by atoms with Crippen LogP contribution in [-0.2, 0) is 6.54 Å². The molecule has 0 aliphatic rings. The van der Waals surface area contributed by atoms with Crippen LogP contribution in [0.2, 0.25) is 0 Å². The second-order valence-corrected chi connectivity index (χ2v) is 3.91. The van der Waals surface area contributed by atoms with Crippen LogP contribution in [0.15, 0.2) is 35.1 Å². The Balaban J connectivity index is 2.10. The fraction of sp³-hybridized carbons (Fsp3) is 0.100. The van der Waals surface area contributed by atoms with E-state index < -0.39 is 0 Å². The lowest BCUT2D eigenvalue weighted by atomic mass is 10.2. The normalized spacial score (nSPS) is 11.0. The molecule has 0 saturated heterocycles. The van der Waals surface area contributed by atoms with Gasteiger partial charge in [0, 0.05) is 11.8 Å². The van der Waals surface area contributed by atoms with Gasteiger partial charge in [0.05, 0.1) is 18.3 Å². The summed E-state index contributed by atoms with van der Waals surface area (Å²) in [6.45, 7) is 0.581. The van der Waals surface area contributed by atoms with Crippen molar-refractivity contribution in [3.63, 3.8) is 0 Å². The van der Waals surface area contributed by atoms with Crippen molar-refractivity contribution in [2.24, 2.45) is 0 Å². The van der Waals surface area contributed by atoms with Crippen LogP contribution < -0.4 is 5.68 Å². The SMILES string of the molecule is N=c1occn1Cc1cccc2nsnc12. The highest BCUT2D eigenvalue weighted by atomic mass is 32.1. The first-order valence-electron chi connectivity index (χ1n) is 4.73. The van der Waals surface area contributed by atoms with Crippen molar-refractivity contribution < 1.29 is 4.42 Å². The summed E-state index contributed by atoms with van der Waals surface area (Å²) in [7, 11) is 0. The van der Waals surface area contributed by atoms with Gasteiger partial charge in [0.25, 0.3) is 5.68 Å². The van der Waals surface area contributed by atoms with Crippen LogP contribution in [0, 0.1) is 5.41 Å². The topological polar surface area (TPSA) is 67.7 Å². The Labute approximate surface area is 94.8 Å². The van der Waals surface area contributed by atoms with E-state index >= 15 is 0 Å². The van der Waals surface area contributed by atoms with Gasteiger partial charge < -0.3 is 4.42 Å². The highest BCUT2D eigenvalue weighted by Gasteiger charge is 2.05. The lowest BCUT2D eigenvalue weighted by Gasteiger charge is -2.01. The standard InChI is InChI=1S/C10H8N4OS/c11-10-14(4-5-15-10)6-7-2-1-3-8-9(7)13-16-12-8/h1-5,11H,6H2. The summed E-state index contributed by atoms with van der Waals surface area (Å²) < 4.78 is 15.1. The van der Waals surface area contributed by atoms with Crippen LogP contribution in [0.25, 0.3) is 11.0 Å². The molecule has 80 valence electrons. The lowest BCUT2D eigenvalue weighted by molar-refractivity contribution is 0.458. The number of aromatic nitrogens is 3. The number of fused-ring (bicyclic) bond motifs is 1. The molecule has 0 unspecified atom stereocenters. The molecule has 1 N–H and O–H groups in total. The largest absolute Gasteiger partial charge is 0.432 e. The fourth-order valence-electron chi connectivity index (χ4n) is 1.60. The Hall–Kier alpha value is -1.95. The third-order valence-electron chi connectivity index (χ3n) is 2.39. The van der Waals surface area contributed by atoms with Gasteiger partial charge in [-0.2, -0.15) is 8.75 Å². The Kier molecular flexibility index (Phi) is 2.07. The predicted octanol–water partition coefficient (Wildman–Crippen LogP) is 1.61. The highest BCUT2D eigenvalue weighted by molar-refractivity contribution is 7.00. The van der Waals surface area contributed by atoms with E-state index in [1.165, 1.54) is 18.0 Å². The first kappa shape index (κ1) is 9.29. The molecule has 3 rings (SSSR count). The molecule has 2 aromatic heterocycles. The van der Waals surface area contributed by atoms with Crippen molar-refractivity contribution in [1.82, 2.24) is 13.3 Å². The second kappa shape index (κ2) is 3.57. The molecule has 1 aromatic carbocycles. The number of rotatable bonds is 2. The van der Waals surface area contributed by atoms with Gasteiger partial charge in [0.15, 0.2) is 0 Å². The zero-order valence-electron chi connectivity index (χ0n) is 8.25. The van der Waals surface area contributed by atoms with Crippen LogP contribution in [0.3, 0.4) is 0 Å². The number of benzene rings is 1. The molecule has 0 atom stereocenters. The molecule has 0 bridgehead atoms. The van der Waals surface area contributed by atoms with E-state index in [-0.39, 0.29) is 5.68 Å². The van der Waals surface area contributed by atoms with Crippen molar-refractivity contribution in [2.45, 2.75) is 6.54 Å². The van der Waals surface area contributed by atoms with Gasteiger partial charge in [0.2, 0.25) is 0 Å². The number of hydrogen-bond donors (Lipinski definition) is 1. The number of nitrogens with zero attached hydrogens (tertiary/aromatic N) is 3. The van der Waals surface area contributed by atoms with Crippen LogP contribution in [0.1, 0.15) is 5.56 Å². The van der Waals surface area contributed by atoms with E-state index in [4.69, 9.17) is 9.83 Å². The van der Waals surface area contributed by atoms with Gasteiger partial charge in [0.1, 0.15) is 17.3 Å². The molecule has 0 radical (unpaired) electrons. The lowest BCUT2D eigenvalue weighted by Crippen LogP contribution is -2.14. The van der Waals surface area contributed by atoms with Crippen LogP contribution >= 0.6 is 11.7 Å². The maximum absolute atomic E-state index is 7.53. The third-order valence-corrected chi connectivity index (χ3v) is 2.93. The van der Waals surface area contributed by atoms with E-state index in [1.807, 2.05) is 18.2 Å². The Morgan fingerprint density at radius 3 is 3.12 bits per heavy atom. The van der Waals surface area contributed by atoms with Crippen LogP contribution in [0.5, 0.6) is 0 Å². The average Bonchev–Trinajstić information content (AvgIpc) is 2.89. The molecule has 0 spiro atoms. The molecular weight excluding hydrogens is 224 g/mol. The van der Waals surface area contributed by atoms with Crippen molar-refractivity contribution >= 4 is 22.8 Å². The van der Waals surface area contributed by atoms with E-state index in [0.717, 1.165) is 16.6 Å².